The second kappa shape index (κ2) is 9.16. The number of carbonyl (C=O) groups excluding carboxylic acids is 1. The van der Waals surface area contributed by atoms with Crippen molar-refractivity contribution in [1.82, 2.24) is 9.97 Å². The number of aryl methyl sites for hydroxylation is 1. The molecule has 0 fully saturated rings. The fraction of sp³-hybridized carbons (Fsp3) is 0.444. The highest BCUT2D eigenvalue weighted by Crippen LogP contribution is 2.42. The van der Waals surface area contributed by atoms with Gasteiger partial charge in [-0.1, -0.05) is 26.0 Å². The van der Waals surface area contributed by atoms with Gasteiger partial charge in [-0.15, -0.1) is 0 Å². The number of ether oxygens (including phenoxy) is 1. The minimum Gasteiger partial charge on any atom is -0.478 e. The number of aromatic nitrogens is 2. The lowest BCUT2D eigenvalue weighted by atomic mass is 9.91. The summed E-state index contributed by atoms with van der Waals surface area (Å²) < 4.78 is 50.9. The lowest BCUT2D eigenvalue weighted by Crippen LogP contribution is -2.46. The molecule has 1 amide bonds. The molecule has 1 aliphatic rings. The molecule has 2 N–H and O–H groups in total. The van der Waals surface area contributed by atoms with Crippen LogP contribution < -0.4 is 15.0 Å². The van der Waals surface area contributed by atoms with Gasteiger partial charge in [0, 0.05) is 24.1 Å². The molecule has 0 radical (unpaired) electrons. The number of anilines is 2. The average molecular weight is 517 g/mol. The van der Waals surface area contributed by atoms with Crippen molar-refractivity contribution in [3.63, 3.8) is 0 Å². The van der Waals surface area contributed by atoms with E-state index in [1.807, 2.05) is 13.8 Å². The normalized spacial score (nSPS) is 17.1. The molecule has 0 aliphatic carbocycles. The number of nitrogens with one attached hydrogen (secondary N) is 1. The van der Waals surface area contributed by atoms with Gasteiger partial charge in [-0.2, -0.15) is 8.78 Å². The fourth-order valence-corrected chi connectivity index (χ4v) is 4.38. The molecule has 1 aliphatic heterocycles. The van der Waals surface area contributed by atoms with Crippen LogP contribution in [0.2, 0.25) is 0 Å². The Hall–Kier alpha value is -3.40. The molecule has 0 saturated heterocycles. The Morgan fingerprint density at radius 3 is 2.46 bits per heavy atom. The molecule has 3 aromatic rings. The van der Waals surface area contributed by atoms with E-state index in [4.69, 9.17) is 4.74 Å². The number of rotatable bonds is 6. The van der Waals surface area contributed by atoms with Gasteiger partial charge in [-0.25, -0.2) is 14.4 Å². The summed E-state index contributed by atoms with van der Waals surface area (Å²) >= 11 is 0. The molecular weight excluding hydrogens is 485 g/mol. The van der Waals surface area contributed by atoms with Crippen molar-refractivity contribution in [2.24, 2.45) is 5.92 Å². The van der Waals surface area contributed by atoms with Crippen molar-refractivity contribution in [3.05, 3.63) is 53.1 Å². The zero-order valence-corrected chi connectivity index (χ0v) is 21.9. The van der Waals surface area contributed by atoms with Crippen LogP contribution in [0.1, 0.15) is 57.6 Å². The van der Waals surface area contributed by atoms with Crippen LogP contribution in [0, 0.1) is 18.7 Å². The molecule has 10 heteroatoms. The van der Waals surface area contributed by atoms with Crippen LogP contribution in [0.4, 0.5) is 24.7 Å². The third kappa shape index (κ3) is 4.58. The molecule has 37 heavy (non-hydrogen) atoms. The summed E-state index contributed by atoms with van der Waals surface area (Å²) in [7, 11) is 1.67. The molecule has 0 bridgehead atoms. The van der Waals surface area contributed by atoms with E-state index in [1.54, 1.807) is 33.0 Å². The van der Waals surface area contributed by atoms with Crippen molar-refractivity contribution in [2.75, 3.05) is 17.3 Å². The second-order valence-electron chi connectivity index (χ2n) is 10.3. The van der Waals surface area contributed by atoms with Gasteiger partial charge in [-0.05, 0) is 45.7 Å². The summed E-state index contributed by atoms with van der Waals surface area (Å²) in [6.07, 6.45) is -0.618. The van der Waals surface area contributed by atoms with Crippen molar-refractivity contribution in [1.29, 1.82) is 0 Å². The first-order valence-corrected chi connectivity index (χ1v) is 12.1. The molecule has 1 unspecified atom stereocenters. The predicted octanol–water partition coefficient (Wildman–Crippen LogP) is 5.49. The van der Waals surface area contributed by atoms with Crippen molar-refractivity contribution < 1.29 is 27.8 Å². The minimum atomic E-state index is -3.81. The molecule has 0 spiro atoms. The highest BCUT2D eigenvalue weighted by Gasteiger charge is 2.49. The van der Waals surface area contributed by atoms with E-state index in [2.05, 4.69) is 15.3 Å². The first-order chi connectivity index (χ1) is 17.1. The maximum absolute atomic E-state index is 15.3. The van der Waals surface area contributed by atoms with E-state index in [0.29, 0.717) is 34.0 Å². The van der Waals surface area contributed by atoms with Gasteiger partial charge in [0.25, 0.3) is 5.91 Å². The molecule has 2 heterocycles. The van der Waals surface area contributed by atoms with E-state index < -0.39 is 35.1 Å². The smallest absolute Gasteiger partial charge is 0.303 e. The number of nitrogens with zero attached hydrogens (tertiary/aromatic N) is 3. The number of aliphatic hydroxyl groups is 1. The first kappa shape index (κ1) is 26.7. The van der Waals surface area contributed by atoms with Crippen LogP contribution in [0.15, 0.2) is 30.3 Å². The van der Waals surface area contributed by atoms with E-state index >= 15 is 4.39 Å². The Morgan fingerprint density at radius 2 is 1.84 bits per heavy atom. The van der Waals surface area contributed by atoms with Gasteiger partial charge in [0.2, 0.25) is 0 Å². The van der Waals surface area contributed by atoms with Gasteiger partial charge in [0.05, 0.1) is 22.8 Å². The molecular formula is C27H31F3N4O3. The number of alkyl halides is 2. The van der Waals surface area contributed by atoms with Crippen LogP contribution in [-0.2, 0) is 10.7 Å². The third-order valence-corrected chi connectivity index (χ3v) is 6.64. The topological polar surface area (TPSA) is 87.6 Å². The number of carbonyl (C=O) groups is 1. The van der Waals surface area contributed by atoms with Gasteiger partial charge in [-0.3, -0.25) is 4.79 Å². The standard InChI is InChI=1S/C27H31F3N4O3/c1-13(2)23-25(35)34(7)20-11-17-19(12-21(20)37-23)32-15(4)33-24(17)31-14(3)16-9-8-10-18(22(16)28)27(29,30)26(5,6)36/h8-14,23,36H,1-7H3,(H,31,32,33)/t14-,23?/m1/s1. The van der Waals surface area contributed by atoms with Crippen LogP contribution in [0.3, 0.4) is 0 Å². The lowest BCUT2D eigenvalue weighted by molar-refractivity contribution is -0.170. The second-order valence-corrected chi connectivity index (χ2v) is 10.3. The van der Waals surface area contributed by atoms with Gasteiger partial charge >= 0.3 is 5.92 Å². The first-order valence-electron chi connectivity index (χ1n) is 12.1. The summed E-state index contributed by atoms with van der Waals surface area (Å²) in [5.74, 6) is -3.83. The Labute approximate surface area is 213 Å². The lowest BCUT2D eigenvalue weighted by Gasteiger charge is -2.34. The molecule has 2 aromatic carbocycles. The Balaban J connectivity index is 1.76. The molecule has 198 valence electrons. The number of benzene rings is 2. The summed E-state index contributed by atoms with van der Waals surface area (Å²) in [5.41, 5.74) is -2.27. The quantitative estimate of drug-likeness (QED) is 0.450. The Kier molecular flexibility index (Phi) is 6.60. The van der Waals surface area contributed by atoms with E-state index in [1.165, 1.54) is 17.0 Å². The minimum absolute atomic E-state index is 0.0146. The molecule has 1 aromatic heterocycles. The monoisotopic (exact) mass is 516 g/mol. The Bertz CT molecular complexity index is 1370. The number of hydrogen-bond donors (Lipinski definition) is 2. The summed E-state index contributed by atoms with van der Waals surface area (Å²) in [4.78, 5) is 23.3. The van der Waals surface area contributed by atoms with E-state index in [-0.39, 0.29) is 17.4 Å². The summed E-state index contributed by atoms with van der Waals surface area (Å²) in [6.45, 7) is 9.01. The molecule has 0 saturated carbocycles. The zero-order valence-electron chi connectivity index (χ0n) is 21.9. The van der Waals surface area contributed by atoms with Gasteiger partial charge in [0.1, 0.15) is 28.8 Å². The Morgan fingerprint density at radius 1 is 1.16 bits per heavy atom. The van der Waals surface area contributed by atoms with E-state index in [0.717, 1.165) is 19.9 Å². The van der Waals surface area contributed by atoms with Crippen molar-refractivity contribution in [3.8, 4) is 5.75 Å². The van der Waals surface area contributed by atoms with Crippen LogP contribution in [0.25, 0.3) is 10.9 Å². The van der Waals surface area contributed by atoms with Gasteiger partial charge < -0.3 is 20.1 Å². The number of fused-ring (bicyclic) bond motifs is 2. The third-order valence-electron chi connectivity index (χ3n) is 6.64. The van der Waals surface area contributed by atoms with Crippen LogP contribution in [-0.4, -0.2) is 39.7 Å². The largest absolute Gasteiger partial charge is 0.478 e. The van der Waals surface area contributed by atoms with Crippen molar-refractivity contribution in [2.45, 2.75) is 65.2 Å². The summed E-state index contributed by atoms with van der Waals surface area (Å²) in [5, 5.41) is 13.6. The maximum Gasteiger partial charge on any atom is 0.303 e. The number of hydrogen-bond acceptors (Lipinski definition) is 6. The van der Waals surface area contributed by atoms with E-state index in [9.17, 15) is 18.7 Å². The molecule has 7 nitrogen and oxygen atoms in total. The zero-order chi connectivity index (χ0) is 27.4. The summed E-state index contributed by atoms with van der Waals surface area (Å²) in [6, 6.07) is 6.39. The van der Waals surface area contributed by atoms with Crippen molar-refractivity contribution >= 4 is 28.3 Å². The highest BCUT2D eigenvalue weighted by atomic mass is 19.3. The number of likely N-dealkylation sites (N-methyl/N-ethyl adjacent to an activating group) is 1. The molecule has 4 rings (SSSR count). The van der Waals surface area contributed by atoms with Crippen LogP contribution >= 0.6 is 0 Å². The van der Waals surface area contributed by atoms with Gasteiger partial charge in [0.15, 0.2) is 6.10 Å². The predicted molar refractivity (Wildman–Crippen MR) is 136 cm³/mol. The highest BCUT2D eigenvalue weighted by molar-refractivity contribution is 6.03. The average Bonchev–Trinajstić information content (AvgIpc) is 2.79. The maximum atomic E-state index is 15.3. The number of amides is 1. The number of halogens is 3. The fourth-order valence-electron chi connectivity index (χ4n) is 4.38. The van der Waals surface area contributed by atoms with Crippen LogP contribution in [0.5, 0.6) is 5.75 Å². The molecule has 2 atom stereocenters. The SMILES string of the molecule is Cc1nc(N[C@H](C)c2cccc(C(F)(F)C(C)(C)O)c2F)c2cc3c(cc2n1)OC(C(C)C)C(=O)N3C.